The Morgan fingerprint density at radius 3 is 2.32 bits per heavy atom. The minimum absolute atomic E-state index is 0.0305. The van der Waals surface area contributed by atoms with Gasteiger partial charge in [0.05, 0.1) is 16.9 Å². The number of fused-ring (bicyclic) bond motifs is 1. The van der Waals surface area contributed by atoms with Crippen molar-refractivity contribution in [2.45, 2.75) is 4.90 Å². The predicted octanol–water partition coefficient (Wildman–Crippen LogP) is 2.51. The first-order valence-electron chi connectivity index (χ1n) is 7.21. The van der Waals surface area contributed by atoms with E-state index in [4.69, 9.17) is 16.0 Å². The molecule has 0 spiro atoms. The van der Waals surface area contributed by atoms with Crippen molar-refractivity contribution in [3.05, 3.63) is 60.2 Å². The Bertz CT molecular complexity index is 1090. The molecule has 128 valence electrons. The highest BCUT2D eigenvalue weighted by Gasteiger charge is 2.20. The normalized spacial score (nSPS) is 11.4. The lowest BCUT2D eigenvalue weighted by Crippen LogP contribution is -2.16. The maximum absolute atomic E-state index is 11.9. The third-order valence-electron chi connectivity index (χ3n) is 3.70. The van der Waals surface area contributed by atoms with Gasteiger partial charge in [-0.05, 0) is 35.0 Å². The van der Waals surface area contributed by atoms with Crippen molar-refractivity contribution in [2.75, 3.05) is 11.1 Å². The first-order valence-corrected chi connectivity index (χ1v) is 8.76. The number of hydrogen-bond donors (Lipinski definition) is 4. The van der Waals surface area contributed by atoms with Crippen molar-refractivity contribution in [2.24, 2.45) is 5.14 Å². The molecule has 0 radical (unpaired) electrons. The van der Waals surface area contributed by atoms with Crippen LogP contribution >= 0.6 is 0 Å². The van der Waals surface area contributed by atoms with Gasteiger partial charge in [0.2, 0.25) is 10.0 Å². The van der Waals surface area contributed by atoms with Crippen LogP contribution in [0.3, 0.4) is 0 Å². The van der Waals surface area contributed by atoms with E-state index in [1.807, 2.05) is 36.4 Å². The summed E-state index contributed by atoms with van der Waals surface area (Å²) in [6, 6.07) is 15.3. The number of rotatable bonds is 4. The number of carboxylic acid groups (broad SMARTS) is 1. The zero-order chi connectivity index (χ0) is 18.2. The summed E-state index contributed by atoms with van der Waals surface area (Å²) in [6.45, 7) is 0. The van der Waals surface area contributed by atoms with E-state index in [-0.39, 0.29) is 21.8 Å². The second-order valence-electron chi connectivity index (χ2n) is 5.48. The number of hydrogen-bond acceptors (Lipinski definition) is 5. The lowest BCUT2D eigenvalue weighted by atomic mass is 10.1. The van der Waals surface area contributed by atoms with Gasteiger partial charge in [0.1, 0.15) is 4.90 Å². The molecule has 0 atom stereocenters. The quantitative estimate of drug-likeness (QED) is 0.530. The number of carboxylic acids is 1. The molecule has 8 heteroatoms. The van der Waals surface area contributed by atoms with Crippen LogP contribution in [-0.2, 0) is 10.0 Å². The Hall–Kier alpha value is -3.10. The topological polar surface area (TPSA) is 136 Å². The highest BCUT2D eigenvalue weighted by Crippen LogP contribution is 2.32. The molecule has 0 aliphatic rings. The van der Waals surface area contributed by atoms with E-state index in [0.29, 0.717) is 5.69 Å². The lowest BCUT2D eigenvalue weighted by Gasteiger charge is -2.15. The number of sulfonamides is 1. The molecule has 0 aromatic heterocycles. The van der Waals surface area contributed by atoms with Crippen molar-refractivity contribution in [3.63, 3.8) is 0 Å². The average Bonchev–Trinajstić information content (AvgIpc) is 2.55. The number of primary sulfonamides is 1. The SMILES string of the molecule is Nc1cc(C(=O)O)cc(S(N)(=O)=O)c1Nc1ccc2ccccc2c1. The fraction of sp³-hybridized carbons (Fsp3) is 0. The molecule has 0 unspecified atom stereocenters. The molecule has 0 fully saturated rings. The first kappa shape index (κ1) is 16.7. The minimum Gasteiger partial charge on any atom is -0.478 e. The van der Waals surface area contributed by atoms with Crippen molar-refractivity contribution >= 4 is 43.8 Å². The van der Waals surface area contributed by atoms with Crippen molar-refractivity contribution in [1.82, 2.24) is 0 Å². The highest BCUT2D eigenvalue weighted by molar-refractivity contribution is 7.89. The van der Waals surface area contributed by atoms with E-state index in [9.17, 15) is 13.2 Å². The largest absolute Gasteiger partial charge is 0.478 e. The van der Waals surface area contributed by atoms with Crippen LogP contribution in [0.5, 0.6) is 0 Å². The Kier molecular flexibility index (Phi) is 4.07. The van der Waals surface area contributed by atoms with E-state index < -0.39 is 16.0 Å². The summed E-state index contributed by atoms with van der Waals surface area (Å²) in [4.78, 5) is 10.8. The van der Waals surface area contributed by atoms with Crippen molar-refractivity contribution in [1.29, 1.82) is 0 Å². The average molecular weight is 357 g/mol. The van der Waals surface area contributed by atoms with E-state index in [1.165, 1.54) is 6.07 Å². The molecule has 0 aliphatic carbocycles. The number of benzene rings is 3. The molecule has 0 saturated carbocycles. The van der Waals surface area contributed by atoms with Crippen LogP contribution < -0.4 is 16.2 Å². The number of carbonyl (C=O) groups is 1. The fourth-order valence-electron chi connectivity index (χ4n) is 2.53. The van der Waals surface area contributed by atoms with Crippen LogP contribution in [0.1, 0.15) is 10.4 Å². The maximum Gasteiger partial charge on any atom is 0.335 e. The standard InChI is InChI=1S/C17H15N3O4S/c18-14-8-12(17(21)22)9-15(25(19,23)24)16(14)20-13-6-5-10-3-1-2-4-11(10)7-13/h1-9,20H,18H2,(H,21,22)(H2,19,23,24). The summed E-state index contributed by atoms with van der Waals surface area (Å²) < 4.78 is 23.7. The van der Waals surface area contributed by atoms with Gasteiger partial charge in [-0.1, -0.05) is 30.3 Å². The molecule has 0 heterocycles. The number of nitrogen functional groups attached to an aromatic ring is 1. The summed E-state index contributed by atoms with van der Waals surface area (Å²) in [6.07, 6.45) is 0. The van der Waals surface area contributed by atoms with E-state index in [2.05, 4.69) is 5.32 Å². The van der Waals surface area contributed by atoms with Gasteiger partial charge in [-0.25, -0.2) is 18.4 Å². The third kappa shape index (κ3) is 3.39. The molecule has 3 rings (SSSR count). The van der Waals surface area contributed by atoms with Gasteiger partial charge >= 0.3 is 5.97 Å². The molecular formula is C17H15N3O4S. The monoisotopic (exact) mass is 357 g/mol. The summed E-state index contributed by atoms with van der Waals surface area (Å²) in [5.41, 5.74) is 6.22. The lowest BCUT2D eigenvalue weighted by molar-refractivity contribution is 0.0696. The fourth-order valence-corrected chi connectivity index (χ4v) is 3.27. The van der Waals surface area contributed by atoms with Gasteiger partial charge in [-0.2, -0.15) is 0 Å². The van der Waals surface area contributed by atoms with Crippen molar-refractivity contribution < 1.29 is 18.3 Å². The van der Waals surface area contributed by atoms with Gasteiger partial charge in [0.25, 0.3) is 0 Å². The van der Waals surface area contributed by atoms with Gasteiger partial charge in [0, 0.05) is 5.69 Å². The van der Waals surface area contributed by atoms with E-state index >= 15 is 0 Å². The van der Waals surface area contributed by atoms with Crippen LogP contribution in [0.2, 0.25) is 0 Å². The molecule has 0 amide bonds. The first-order chi connectivity index (χ1) is 11.8. The summed E-state index contributed by atoms with van der Waals surface area (Å²) >= 11 is 0. The highest BCUT2D eigenvalue weighted by atomic mass is 32.2. The van der Waals surface area contributed by atoms with Gasteiger partial charge in [-0.15, -0.1) is 0 Å². The molecule has 0 saturated heterocycles. The Morgan fingerprint density at radius 1 is 1.00 bits per heavy atom. The molecule has 0 aliphatic heterocycles. The molecule has 3 aromatic rings. The van der Waals surface area contributed by atoms with Crippen molar-refractivity contribution in [3.8, 4) is 0 Å². The number of nitrogens with two attached hydrogens (primary N) is 2. The summed E-state index contributed by atoms with van der Waals surface area (Å²) in [5.74, 6) is -1.30. The molecule has 7 nitrogen and oxygen atoms in total. The summed E-state index contributed by atoms with van der Waals surface area (Å²) in [7, 11) is -4.18. The number of aromatic carboxylic acids is 1. The third-order valence-corrected chi connectivity index (χ3v) is 4.64. The Labute approximate surface area is 143 Å². The van der Waals surface area contributed by atoms with Crippen LogP contribution in [0, 0.1) is 0 Å². The summed E-state index contributed by atoms with van der Waals surface area (Å²) in [5, 5.41) is 19.2. The zero-order valence-electron chi connectivity index (χ0n) is 12.9. The van der Waals surface area contributed by atoms with Crippen LogP contribution in [0.25, 0.3) is 10.8 Å². The second-order valence-corrected chi connectivity index (χ2v) is 7.01. The molecule has 6 N–H and O–H groups in total. The molecule has 3 aromatic carbocycles. The van der Waals surface area contributed by atoms with E-state index in [1.54, 1.807) is 6.07 Å². The van der Waals surface area contributed by atoms with Crippen LogP contribution in [-0.4, -0.2) is 19.5 Å². The Balaban J connectivity index is 2.13. The second kappa shape index (κ2) is 6.08. The van der Waals surface area contributed by atoms with E-state index in [0.717, 1.165) is 16.8 Å². The minimum atomic E-state index is -4.18. The molecule has 25 heavy (non-hydrogen) atoms. The van der Waals surface area contributed by atoms with Gasteiger partial charge in [-0.3, -0.25) is 0 Å². The van der Waals surface area contributed by atoms with Crippen LogP contribution in [0.4, 0.5) is 17.1 Å². The number of anilines is 3. The predicted molar refractivity (Wildman–Crippen MR) is 96.4 cm³/mol. The molecular weight excluding hydrogens is 342 g/mol. The maximum atomic E-state index is 11.9. The van der Waals surface area contributed by atoms with Gasteiger partial charge in [0.15, 0.2) is 0 Å². The van der Waals surface area contributed by atoms with Crippen LogP contribution in [0.15, 0.2) is 59.5 Å². The van der Waals surface area contributed by atoms with Gasteiger partial charge < -0.3 is 16.2 Å². The smallest absolute Gasteiger partial charge is 0.335 e. The molecule has 0 bridgehead atoms. The number of nitrogens with one attached hydrogen (secondary N) is 1. The Morgan fingerprint density at radius 2 is 1.68 bits per heavy atom. The zero-order valence-corrected chi connectivity index (χ0v) is 13.7.